The Balaban J connectivity index is 1.66. The number of aromatic nitrogens is 5. The van der Waals surface area contributed by atoms with Crippen LogP contribution in [0, 0.1) is 5.82 Å². The Bertz CT molecular complexity index is 1070. The maximum Gasteiger partial charge on any atom is 0.436 e. The van der Waals surface area contributed by atoms with E-state index >= 15 is 0 Å². The first-order valence-corrected chi connectivity index (χ1v) is 8.62. The third kappa shape index (κ3) is 3.32. The molecule has 1 atom stereocenters. The molecule has 0 bridgehead atoms. The molecule has 4 heterocycles. The number of fused-ring (bicyclic) bond motifs is 1. The Morgan fingerprint density at radius 1 is 1.14 bits per heavy atom. The van der Waals surface area contributed by atoms with E-state index in [4.69, 9.17) is 0 Å². The molecule has 3 aromatic heterocycles. The first-order valence-electron chi connectivity index (χ1n) is 8.62. The summed E-state index contributed by atoms with van der Waals surface area (Å²) in [6.07, 6.45) is 0.840. The summed E-state index contributed by atoms with van der Waals surface area (Å²) in [4.78, 5) is 29.8. The van der Waals surface area contributed by atoms with Crippen LogP contribution in [0.1, 0.15) is 34.4 Å². The molecule has 11 heteroatoms. The molecular formula is C18H14F4N6O. The zero-order chi connectivity index (χ0) is 20.8. The van der Waals surface area contributed by atoms with Gasteiger partial charge in [-0.15, -0.1) is 0 Å². The zero-order valence-corrected chi connectivity index (χ0v) is 15.1. The summed E-state index contributed by atoms with van der Waals surface area (Å²) in [5.74, 6) is -2.10. The Kier molecular flexibility index (Phi) is 4.52. The van der Waals surface area contributed by atoms with Crippen LogP contribution in [0.5, 0.6) is 0 Å². The van der Waals surface area contributed by atoms with Gasteiger partial charge in [-0.25, -0.2) is 24.3 Å². The van der Waals surface area contributed by atoms with Gasteiger partial charge in [-0.05, 0) is 19.1 Å². The smallest absolute Gasteiger partial charge is 0.329 e. The van der Waals surface area contributed by atoms with E-state index in [1.54, 1.807) is 30.0 Å². The number of amides is 1. The molecule has 150 valence electrons. The molecular weight excluding hydrogens is 391 g/mol. The molecule has 0 radical (unpaired) electrons. The second kappa shape index (κ2) is 6.90. The van der Waals surface area contributed by atoms with E-state index in [9.17, 15) is 22.4 Å². The monoisotopic (exact) mass is 405 g/mol. The lowest BCUT2D eigenvalue weighted by atomic mass is 10.0. The molecule has 0 saturated carbocycles. The van der Waals surface area contributed by atoms with Gasteiger partial charge < -0.3 is 4.90 Å². The number of imidazole rings is 1. The van der Waals surface area contributed by atoms with Crippen molar-refractivity contribution in [2.45, 2.75) is 32.1 Å². The van der Waals surface area contributed by atoms with E-state index in [0.29, 0.717) is 18.1 Å². The van der Waals surface area contributed by atoms with Crippen molar-refractivity contribution in [3.8, 4) is 5.95 Å². The summed E-state index contributed by atoms with van der Waals surface area (Å²) in [6, 6.07) is 2.22. The second-order valence-electron chi connectivity index (χ2n) is 6.56. The van der Waals surface area contributed by atoms with E-state index < -0.39 is 35.2 Å². The predicted octanol–water partition coefficient (Wildman–Crippen LogP) is 2.80. The number of pyridine rings is 1. The van der Waals surface area contributed by atoms with Crippen molar-refractivity contribution in [3.63, 3.8) is 0 Å². The Labute approximate surface area is 162 Å². The molecule has 3 aromatic rings. The Hall–Kier alpha value is -3.37. The molecule has 1 amide bonds. The summed E-state index contributed by atoms with van der Waals surface area (Å²) in [7, 11) is 0. The lowest BCUT2D eigenvalue weighted by Crippen LogP contribution is -2.43. The van der Waals surface area contributed by atoms with Gasteiger partial charge in [-0.1, -0.05) is 0 Å². The quantitative estimate of drug-likeness (QED) is 0.613. The summed E-state index contributed by atoms with van der Waals surface area (Å²) in [5.41, 5.74) is -1.04. The Morgan fingerprint density at radius 2 is 1.86 bits per heavy atom. The van der Waals surface area contributed by atoms with Gasteiger partial charge in [0.05, 0.1) is 23.5 Å². The van der Waals surface area contributed by atoms with Crippen molar-refractivity contribution in [1.82, 2.24) is 29.4 Å². The predicted molar refractivity (Wildman–Crippen MR) is 91.4 cm³/mol. The molecule has 0 unspecified atom stereocenters. The van der Waals surface area contributed by atoms with Crippen molar-refractivity contribution < 1.29 is 22.4 Å². The number of carbonyl (C=O) groups excluding carboxylic acids is 1. The van der Waals surface area contributed by atoms with Crippen LogP contribution < -0.4 is 0 Å². The van der Waals surface area contributed by atoms with Crippen molar-refractivity contribution in [2.24, 2.45) is 0 Å². The number of hydrogen-bond acceptors (Lipinski definition) is 5. The van der Waals surface area contributed by atoms with Gasteiger partial charge in [0.1, 0.15) is 6.33 Å². The number of carbonyl (C=O) groups is 1. The lowest BCUT2D eigenvalue weighted by molar-refractivity contribution is -0.143. The third-order valence-corrected chi connectivity index (χ3v) is 4.71. The molecule has 7 nitrogen and oxygen atoms in total. The lowest BCUT2D eigenvalue weighted by Gasteiger charge is -2.33. The van der Waals surface area contributed by atoms with Gasteiger partial charge >= 0.3 is 6.18 Å². The van der Waals surface area contributed by atoms with Crippen LogP contribution in [0.2, 0.25) is 0 Å². The van der Waals surface area contributed by atoms with Crippen LogP contribution in [0.4, 0.5) is 17.6 Å². The van der Waals surface area contributed by atoms with Crippen molar-refractivity contribution in [3.05, 3.63) is 65.5 Å². The fraction of sp³-hybridized carbons (Fsp3) is 0.278. The van der Waals surface area contributed by atoms with E-state index in [1.165, 1.54) is 11.2 Å². The van der Waals surface area contributed by atoms with E-state index in [1.807, 2.05) is 0 Å². The van der Waals surface area contributed by atoms with Crippen molar-refractivity contribution >= 4 is 5.91 Å². The van der Waals surface area contributed by atoms with Crippen molar-refractivity contribution in [2.75, 3.05) is 0 Å². The molecule has 0 saturated heterocycles. The average molecular weight is 405 g/mol. The average Bonchev–Trinajstić information content (AvgIpc) is 3.09. The highest BCUT2D eigenvalue weighted by Crippen LogP contribution is 2.32. The minimum Gasteiger partial charge on any atom is -0.329 e. The number of rotatable bonds is 2. The van der Waals surface area contributed by atoms with Crippen LogP contribution in [0.3, 0.4) is 0 Å². The van der Waals surface area contributed by atoms with Crippen molar-refractivity contribution in [1.29, 1.82) is 0 Å². The maximum atomic E-state index is 14.4. The SMILES string of the molecule is C[C@H]1Cc2c(ncn2-c2ncccn2)CN1C(=O)c1ccnc(C(F)(F)F)c1[18F]. The number of hydrogen-bond donors (Lipinski definition) is 0. The highest BCUT2D eigenvalue weighted by Gasteiger charge is 2.39. The van der Waals surface area contributed by atoms with Crippen LogP contribution in [0.25, 0.3) is 5.95 Å². The van der Waals surface area contributed by atoms with Gasteiger partial charge in [-0.3, -0.25) is 9.36 Å². The minimum atomic E-state index is -4.99. The van der Waals surface area contributed by atoms with Crippen LogP contribution in [-0.4, -0.2) is 41.4 Å². The largest absolute Gasteiger partial charge is 0.436 e. The van der Waals surface area contributed by atoms with Crippen LogP contribution in [0.15, 0.2) is 37.1 Å². The summed E-state index contributed by atoms with van der Waals surface area (Å²) < 4.78 is 54.8. The highest BCUT2D eigenvalue weighted by molar-refractivity contribution is 5.95. The van der Waals surface area contributed by atoms with Gasteiger partial charge in [0, 0.05) is 31.1 Å². The molecule has 0 spiro atoms. The standard InChI is InChI=1S/C18H14F4N6O/c1-10-7-13-12(26-9-28(13)17-24-4-2-5-25-17)8-27(10)16(29)11-3-6-23-15(14(11)19)18(20,21)22/h2-6,9-10H,7-8H2,1H3/t10-/m0/s1/i19-1. The normalized spacial score (nSPS) is 16.6. The molecule has 4 rings (SSSR count). The summed E-state index contributed by atoms with van der Waals surface area (Å²) >= 11 is 0. The fourth-order valence-electron chi connectivity index (χ4n) is 3.29. The molecule has 29 heavy (non-hydrogen) atoms. The second-order valence-corrected chi connectivity index (χ2v) is 6.56. The number of nitrogens with zero attached hydrogens (tertiary/aromatic N) is 6. The van der Waals surface area contributed by atoms with E-state index in [2.05, 4.69) is 19.9 Å². The van der Waals surface area contributed by atoms with Crippen LogP contribution in [-0.2, 0) is 19.1 Å². The van der Waals surface area contributed by atoms with E-state index in [0.717, 1.165) is 18.0 Å². The third-order valence-electron chi connectivity index (χ3n) is 4.71. The van der Waals surface area contributed by atoms with Gasteiger partial charge in [-0.2, -0.15) is 13.2 Å². The maximum absolute atomic E-state index is 14.4. The molecule has 0 fully saturated rings. The van der Waals surface area contributed by atoms with Gasteiger partial charge in [0.25, 0.3) is 5.91 Å². The van der Waals surface area contributed by atoms with Gasteiger partial charge in [0.2, 0.25) is 5.95 Å². The van der Waals surface area contributed by atoms with E-state index in [-0.39, 0.29) is 6.54 Å². The molecule has 0 aromatic carbocycles. The number of alkyl halides is 3. The molecule has 1 aliphatic heterocycles. The summed E-state index contributed by atoms with van der Waals surface area (Å²) in [6.45, 7) is 1.76. The fourth-order valence-corrected chi connectivity index (χ4v) is 3.29. The van der Waals surface area contributed by atoms with Gasteiger partial charge in [0.15, 0.2) is 11.5 Å². The Morgan fingerprint density at radius 3 is 2.55 bits per heavy atom. The zero-order valence-electron chi connectivity index (χ0n) is 15.1. The highest BCUT2D eigenvalue weighted by atomic mass is 19.4. The molecule has 0 aliphatic carbocycles. The topological polar surface area (TPSA) is 76.8 Å². The first-order chi connectivity index (χ1) is 13.8. The first kappa shape index (κ1) is 19.0. The molecule has 0 N–H and O–H groups in total. The minimum absolute atomic E-state index is 0.0261. The number of halogens is 4. The summed E-state index contributed by atoms with van der Waals surface area (Å²) in [5, 5.41) is 0. The van der Waals surface area contributed by atoms with Crippen LogP contribution >= 0.6 is 0 Å². The molecule has 1 aliphatic rings.